The number of halogens is 3. The minimum Gasteiger partial charge on any atom is -0.481 e. The highest BCUT2D eigenvalue weighted by Gasteiger charge is 2.31. The highest BCUT2D eigenvalue weighted by molar-refractivity contribution is 6.03. The lowest BCUT2D eigenvalue weighted by atomic mass is 9.96. The van der Waals surface area contributed by atoms with Crippen molar-refractivity contribution >= 4 is 11.6 Å². The summed E-state index contributed by atoms with van der Waals surface area (Å²) >= 11 is 0. The van der Waals surface area contributed by atoms with Crippen molar-refractivity contribution in [1.82, 2.24) is 9.97 Å². The number of aromatic nitrogens is 2. The molecule has 3 N–H and O–H groups in total. The topological polar surface area (TPSA) is 114 Å². The monoisotopic (exact) mass is 489 g/mol. The largest absolute Gasteiger partial charge is 0.481 e. The molecule has 11 heteroatoms. The quantitative estimate of drug-likeness (QED) is 0.486. The third-order valence-electron chi connectivity index (χ3n) is 5.57. The zero-order valence-electron chi connectivity index (χ0n) is 18.5. The first kappa shape index (κ1) is 24.6. The molecule has 1 fully saturated rings. The van der Waals surface area contributed by atoms with E-state index in [0.717, 1.165) is 30.3 Å². The number of ether oxygens (including phenoxy) is 2. The van der Waals surface area contributed by atoms with Gasteiger partial charge in [-0.15, -0.1) is 0 Å². The number of aliphatic hydroxyl groups is 2. The van der Waals surface area contributed by atoms with Crippen LogP contribution < -0.4 is 10.1 Å². The number of pyridine rings is 2. The van der Waals surface area contributed by atoms with Crippen LogP contribution in [0.15, 0.2) is 42.6 Å². The summed E-state index contributed by atoms with van der Waals surface area (Å²) in [5.41, 5.74) is -1.03. The van der Waals surface area contributed by atoms with Crippen molar-refractivity contribution in [3.8, 4) is 17.1 Å². The number of hydrogen-bond donors (Lipinski definition) is 3. The lowest BCUT2D eigenvalue weighted by Crippen LogP contribution is -2.34. The Kier molecular flexibility index (Phi) is 7.29. The Morgan fingerprint density at radius 1 is 1.17 bits per heavy atom. The second kappa shape index (κ2) is 10.4. The lowest BCUT2D eigenvalue weighted by Gasteiger charge is -2.33. The summed E-state index contributed by atoms with van der Waals surface area (Å²) in [4.78, 5) is 21.0. The molecule has 0 spiro atoms. The van der Waals surface area contributed by atoms with E-state index in [2.05, 4.69) is 15.3 Å². The van der Waals surface area contributed by atoms with Gasteiger partial charge >= 0.3 is 0 Å². The van der Waals surface area contributed by atoms with E-state index in [0.29, 0.717) is 5.56 Å². The molecule has 1 aliphatic heterocycles. The second-order valence-electron chi connectivity index (χ2n) is 7.95. The Balaban J connectivity index is 1.68. The summed E-state index contributed by atoms with van der Waals surface area (Å²) in [6.45, 7) is -0.298. The number of nitrogens with zero attached hydrogens (tertiary/aromatic N) is 2. The second-order valence-corrected chi connectivity index (χ2v) is 7.95. The molecule has 3 unspecified atom stereocenters. The van der Waals surface area contributed by atoms with Gasteiger partial charge in [0.25, 0.3) is 5.91 Å². The normalized spacial score (nSPS) is 19.9. The summed E-state index contributed by atoms with van der Waals surface area (Å²) in [5.74, 6) is -3.69. The number of benzene rings is 1. The van der Waals surface area contributed by atoms with Crippen LogP contribution in [-0.2, 0) is 4.74 Å². The molecule has 0 aliphatic carbocycles. The van der Waals surface area contributed by atoms with Crippen molar-refractivity contribution in [2.75, 3.05) is 19.0 Å². The van der Waals surface area contributed by atoms with Gasteiger partial charge in [0.1, 0.15) is 28.8 Å². The van der Waals surface area contributed by atoms with E-state index in [9.17, 15) is 28.2 Å². The van der Waals surface area contributed by atoms with E-state index in [1.807, 2.05) is 0 Å². The van der Waals surface area contributed by atoms with Crippen LogP contribution in [0.5, 0.6) is 5.88 Å². The molecular weight excluding hydrogens is 467 g/mol. The zero-order valence-corrected chi connectivity index (χ0v) is 18.5. The number of anilines is 1. The first-order chi connectivity index (χ1) is 16.8. The summed E-state index contributed by atoms with van der Waals surface area (Å²) < 4.78 is 53.8. The van der Waals surface area contributed by atoms with Gasteiger partial charge in [-0.1, -0.05) is 6.07 Å². The lowest BCUT2D eigenvalue weighted by molar-refractivity contribution is -0.113. The Morgan fingerprint density at radius 2 is 1.91 bits per heavy atom. The van der Waals surface area contributed by atoms with Crippen molar-refractivity contribution in [3.05, 3.63) is 71.3 Å². The number of aliphatic hydroxyl groups excluding tert-OH is 2. The molecule has 0 saturated carbocycles. The highest BCUT2D eigenvalue weighted by atomic mass is 19.1. The zero-order chi connectivity index (χ0) is 25.1. The first-order valence-electron chi connectivity index (χ1n) is 10.7. The van der Waals surface area contributed by atoms with Gasteiger partial charge in [-0.3, -0.25) is 4.79 Å². The van der Waals surface area contributed by atoms with E-state index in [1.54, 1.807) is 0 Å². The first-order valence-corrected chi connectivity index (χ1v) is 10.7. The van der Waals surface area contributed by atoms with Gasteiger partial charge in [-0.25, -0.2) is 23.1 Å². The molecule has 4 rings (SSSR count). The number of nitrogens with one attached hydrogen (secondary N) is 1. The SMILES string of the molecule is COc1cc(NC(=O)c2ccc(F)c(-c3c(F)cccc3F)n2)c(C2CC(O)CC(CO)O2)cn1. The predicted molar refractivity (Wildman–Crippen MR) is 118 cm³/mol. The van der Waals surface area contributed by atoms with Crippen molar-refractivity contribution in [3.63, 3.8) is 0 Å². The van der Waals surface area contributed by atoms with Gasteiger partial charge in [-0.05, 0) is 24.3 Å². The van der Waals surface area contributed by atoms with Crippen LogP contribution >= 0.6 is 0 Å². The van der Waals surface area contributed by atoms with Crippen LogP contribution in [0.2, 0.25) is 0 Å². The average Bonchev–Trinajstić information content (AvgIpc) is 2.84. The summed E-state index contributed by atoms with van der Waals surface area (Å²) in [5, 5.41) is 22.3. The number of carbonyl (C=O) groups excluding carboxylic acids is 1. The number of hydrogen-bond acceptors (Lipinski definition) is 7. The van der Waals surface area contributed by atoms with Gasteiger partial charge in [0.2, 0.25) is 5.88 Å². The molecule has 1 aromatic carbocycles. The molecule has 35 heavy (non-hydrogen) atoms. The van der Waals surface area contributed by atoms with Crippen LogP contribution in [-0.4, -0.2) is 52.0 Å². The van der Waals surface area contributed by atoms with Crippen LogP contribution in [0, 0.1) is 17.5 Å². The van der Waals surface area contributed by atoms with Crippen molar-refractivity contribution in [2.45, 2.75) is 31.2 Å². The van der Waals surface area contributed by atoms with Gasteiger partial charge < -0.3 is 25.0 Å². The van der Waals surface area contributed by atoms with Crippen LogP contribution in [0.1, 0.15) is 35.0 Å². The van der Waals surface area contributed by atoms with Gasteiger partial charge in [-0.2, -0.15) is 0 Å². The standard InChI is InChI=1S/C24H22F3N3O5/c1-34-21-9-19(14(10-28-21)20-8-12(32)7-13(11-31)35-20)30-24(33)18-6-5-17(27)23(29-18)22-15(25)3-2-4-16(22)26/h2-6,9-10,12-13,20,31-32H,7-8,11H2,1H3,(H,28,30,33). The fourth-order valence-corrected chi connectivity index (χ4v) is 3.89. The third-order valence-corrected chi connectivity index (χ3v) is 5.57. The van der Waals surface area contributed by atoms with Crippen molar-refractivity contribution < 1.29 is 37.7 Å². The predicted octanol–water partition coefficient (Wildman–Crippen LogP) is 3.40. The Morgan fingerprint density at radius 3 is 2.60 bits per heavy atom. The third kappa shape index (κ3) is 5.26. The van der Waals surface area contributed by atoms with Gasteiger partial charge in [0.05, 0.1) is 43.3 Å². The molecule has 3 aromatic rings. The minimum atomic E-state index is -1.03. The number of carbonyl (C=O) groups is 1. The summed E-state index contributed by atoms with van der Waals surface area (Å²) in [6, 6.07) is 6.44. The molecular formula is C24H22F3N3O5. The van der Waals surface area contributed by atoms with Crippen LogP contribution in [0.4, 0.5) is 18.9 Å². The van der Waals surface area contributed by atoms with E-state index in [-0.39, 0.29) is 36.7 Å². The molecule has 0 bridgehead atoms. The number of amides is 1. The highest BCUT2D eigenvalue weighted by Crippen LogP contribution is 2.36. The molecule has 3 heterocycles. The van der Waals surface area contributed by atoms with Crippen molar-refractivity contribution in [2.24, 2.45) is 0 Å². The van der Waals surface area contributed by atoms with E-state index in [4.69, 9.17) is 9.47 Å². The fourth-order valence-electron chi connectivity index (χ4n) is 3.89. The molecule has 0 radical (unpaired) electrons. The van der Waals surface area contributed by atoms with E-state index >= 15 is 0 Å². The maximum atomic E-state index is 14.4. The average molecular weight is 489 g/mol. The van der Waals surface area contributed by atoms with Crippen LogP contribution in [0.25, 0.3) is 11.3 Å². The van der Waals surface area contributed by atoms with Gasteiger partial charge in [0.15, 0.2) is 0 Å². The maximum absolute atomic E-state index is 14.4. The Labute approximate surface area is 198 Å². The van der Waals surface area contributed by atoms with E-state index < -0.39 is 52.9 Å². The summed E-state index contributed by atoms with van der Waals surface area (Å²) in [6.07, 6.45) is -0.190. The number of methoxy groups -OCH3 is 1. The summed E-state index contributed by atoms with van der Waals surface area (Å²) in [7, 11) is 1.38. The molecule has 1 aliphatic rings. The van der Waals surface area contributed by atoms with Crippen molar-refractivity contribution in [1.29, 1.82) is 0 Å². The van der Waals surface area contributed by atoms with Gasteiger partial charge in [0, 0.05) is 30.7 Å². The number of rotatable bonds is 6. The smallest absolute Gasteiger partial charge is 0.274 e. The van der Waals surface area contributed by atoms with Crippen LogP contribution in [0.3, 0.4) is 0 Å². The molecule has 184 valence electrons. The molecule has 1 saturated heterocycles. The Bertz CT molecular complexity index is 1220. The molecule has 2 aromatic heterocycles. The molecule has 8 nitrogen and oxygen atoms in total. The minimum absolute atomic E-state index is 0.167. The fraction of sp³-hybridized carbons (Fsp3) is 0.292. The Hall–Kier alpha value is -3.54. The maximum Gasteiger partial charge on any atom is 0.274 e. The molecule has 3 atom stereocenters. The molecule has 1 amide bonds. The van der Waals surface area contributed by atoms with E-state index in [1.165, 1.54) is 19.4 Å².